The first kappa shape index (κ1) is 12.9. The van der Waals surface area contributed by atoms with Crippen molar-refractivity contribution in [1.82, 2.24) is 15.1 Å². The van der Waals surface area contributed by atoms with Crippen LogP contribution in [0.25, 0.3) is 0 Å². The maximum Gasteiger partial charge on any atom is 0.272 e. The third-order valence-electron chi connectivity index (χ3n) is 2.38. The Balaban J connectivity index is 1.99. The number of hydrogen-bond acceptors (Lipinski definition) is 2. The van der Waals surface area contributed by atoms with E-state index in [9.17, 15) is 4.79 Å². The van der Waals surface area contributed by atoms with Crippen LogP contribution < -0.4 is 5.32 Å². The van der Waals surface area contributed by atoms with Crippen LogP contribution in [0.3, 0.4) is 0 Å². The highest BCUT2D eigenvalue weighted by molar-refractivity contribution is 6.42. The number of aromatic nitrogens is 2. The van der Waals surface area contributed by atoms with E-state index in [2.05, 4.69) is 10.4 Å². The van der Waals surface area contributed by atoms with E-state index in [0.717, 1.165) is 5.56 Å². The Morgan fingerprint density at radius 2 is 2.11 bits per heavy atom. The highest BCUT2D eigenvalue weighted by atomic mass is 35.5. The molecule has 0 atom stereocenters. The molecule has 0 spiro atoms. The molecule has 4 nitrogen and oxygen atoms in total. The second-order valence-corrected chi connectivity index (χ2v) is 4.62. The molecule has 0 saturated carbocycles. The van der Waals surface area contributed by atoms with Crippen molar-refractivity contribution in [3.63, 3.8) is 0 Å². The van der Waals surface area contributed by atoms with Crippen molar-refractivity contribution in [3.05, 3.63) is 51.8 Å². The quantitative estimate of drug-likeness (QED) is 0.941. The van der Waals surface area contributed by atoms with Gasteiger partial charge in [-0.1, -0.05) is 29.3 Å². The van der Waals surface area contributed by atoms with E-state index in [-0.39, 0.29) is 5.91 Å². The molecule has 0 aliphatic carbocycles. The smallest absolute Gasteiger partial charge is 0.272 e. The summed E-state index contributed by atoms with van der Waals surface area (Å²) in [7, 11) is 1.76. The number of nitrogens with zero attached hydrogens (tertiary/aromatic N) is 2. The lowest BCUT2D eigenvalue weighted by atomic mass is 10.2. The van der Waals surface area contributed by atoms with Crippen molar-refractivity contribution >= 4 is 29.1 Å². The van der Waals surface area contributed by atoms with Gasteiger partial charge in [0, 0.05) is 19.8 Å². The molecule has 0 aliphatic rings. The predicted molar refractivity (Wildman–Crippen MR) is 70.8 cm³/mol. The maximum absolute atomic E-state index is 11.7. The Labute approximate surface area is 115 Å². The monoisotopic (exact) mass is 283 g/mol. The third-order valence-corrected chi connectivity index (χ3v) is 3.12. The summed E-state index contributed by atoms with van der Waals surface area (Å²) in [5.74, 6) is -0.221. The van der Waals surface area contributed by atoms with E-state index in [4.69, 9.17) is 23.2 Å². The van der Waals surface area contributed by atoms with Crippen LogP contribution in [0.1, 0.15) is 16.1 Å². The van der Waals surface area contributed by atoms with Gasteiger partial charge in [-0.15, -0.1) is 0 Å². The fourth-order valence-corrected chi connectivity index (χ4v) is 1.78. The van der Waals surface area contributed by atoms with Gasteiger partial charge in [0.05, 0.1) is 10.0 Å². The number of hydrogen-bond donors (Lipinski definition) is 1. The molecular weight excluding hydrogens is 273 g/mol. The molecule has 0 bridgehead atoms. The SMILES string of the molecule is Cn1ccc(C(=O)NCc2ccc(Cl)c(Cl)c2)n1. The molecule has 1 aromatic heterocycles. The summed E-state index contributed by atoms with van der Waals surface area (Å²) in [6, 6.07) is 6.89. The number of carbonyl (C=O) groups excluding carboxylic acids is 1. The molecule has 2 rings (SSSR count). The average Bonchev–Trinajstić information content (AvgIpc) is 2.77. The molecule has 6 heteroatoms. The number of rotatable bonds is 3. The van der Waals surface area contributed by atoms with Crippen LogP contribution in [-0.4, -0.2) is 15.7 Å². The molecule has 1 N–H and O–H groups in total. The first-order chi connectivity index (χ1) is 8.56. The van der Waals surface area contributed by atoms with Crippen LogP contribution in [0.2, 0.25) is 10.0 Å². The van der Waals surface area contributed by atoms with E-state index < -0.39 is 0 Å². The lowest BCUT2D eigenvalue weighted by molar-refractivity contribution is 0.0945. The van der Waals surface area contributed by atoms with Crippen molar-refractivity contribution in [2.75, 3.05) is 0 Å². The topological polar surface area (TPSA) is 46.9 Å². The number of aryl methyl sites for hydroxylation is 1. The van der Waals surface area contributed by atoms with Crippen LogP contribution in [0, 0.1) is 0 Å². The zero-order valence-electron chi connectivity index (χ0n) is 9.65. The van der Waals surface area contributed by atoms with Gasteiger partial charge in [0.1, 0.15) is 5.69 Å². The van der Waals surface area contributed by atoms with Crippen molar-refractivity contribution < 1.29 is 4.79 Å². The first-order valence-electron chi connectivity index (χ1n) is 5.28. The fourth-order valence-electron chi connectivity index (χ4n) is 1.46. The largest absolute Gasteiger partial charge is 0.347 e. The molecule has 2 aromatic rings. The summed E-state index contributed by atoms with van der Waals surface area (Å²) < 4.78 is 1.58. The molecule has 0 unspecified atom stereocenters. The maximum atomic E-state index is 11.7. The van der Waals surface area contributed by atoms with E-state index in [1.807, 2.05) is 6.07 Å². The Morgan fingerprint density at radius 3 is 2.72 bits per heavy atom. The zero-order valence-corrected chi connectivity index (χ0v) is 11.2. The van der Waals surface area contributed by atoms with Gasteiger partial charge in [0.2, 0.25) is 0 Å². The number of nitrogens with one attached hydrogen (secondary N) is 1. The molecule has 0 fully saturated rings. The fraction of sp³-hybridized carbons (Fsp3) is 0.167. The van der Waals surface area contributed by atoms with Gasteiger partial charge < -0.3 is 5.32 Å². The predicted octanol–water partition coefficient (Wildman–Crippen LogP) is 2.66. The molecule has 1 amide bonds. The van der Waals surface area contributed by atoms with Gasteiger partial charge in [-0.05, 0) is 23.8 Å². The van der Waals surface area contributed by atoms with Gasteiger partial charge in [-0.2, -0.15) is 5.10 Å². The summed E-state index contributed by atoms with van der Waals surface area (Å²) in [5, 5.41) is 7.74. The Bertz CT molecular complexity index is 580. The second kappa shape index (κ2) is 5.42. The number of halogens is 2. The standard InChI is InChI=1S/C12H11Cl2N3O/c1-17-5-4-11(16-17)12(18)15-7-8-2-3-9(13)10(14)6-8/h2-6H,7H2,1H3,(H,15,18). The van der Waals surface area contributed by atoms with E-state index in [0.29, 0.717) is 22.3 Å². The molecule has 0 radical (unpaired) electrons. The van der Waals surface area contributed by atoms with Gasteiger partial charge >= 0.3 is 0 Å². The van der Waals surface area contributed by atoms with Crippen LogP contribution in [0.15, 0.2) is 30.5 Å². The van der Waals surface area contributed by atoms with E-state index in [1.54, 1.807) is 36.1 Å². The van der Waals surface area contributed by atoms with Gasteiger partial charge in [0.25, 0.3) is 5.91 Å². The molecule has 1 heterocycles. The summed E-state index contributed by atoms with van der Waals surface area (Å²) in [6.45, 7) is 0.381. The summed E-state index contributed by atoms with van der Waals surface area (Å²) >= 11 is 11.7. The molecular formula is C12H11Cl2N3O. The highest BCUT2D eigenvalue weighted by Crippen LogP contribution is 2.22. The minimum absolute atomic E-state index is 0.221. The first-order valence-corrected chi connectivity index (χ1v) is 6.03. The lowest BCUT2D eigenvalue weighted by Gasteiger charge is -2.04. The van der Waals surface area contributed by atoms with Crippen molar-refractivity contribution in [2.24, 2.45) is 7.05 Å². The van der Waals surface area contributed by atoms with Crippen LogP contribution >= 0.6 is 23.2 Å². The van der Waals surface area contributed by atoms with Crippen molar-refractivity contribution in [2.45, 2.75) is 6.54 Å². The Hall–Kier alpha value is -1.52. The van der Waals surface area contributed by atoms with Gasteiger partial charge in [-0.25, -0.2) is 0 Å². The lowest BCUT2D eigenvalue weighted by Crippen LogP contribution is -2.23. The normalized spacial score (nSPS) is 10.4. The molecule has 94 valence electrons. The number of benzene rings is 1. The minimum atomic E-state index is -0.221. The van der Waals surface area contributed by atoms with Crippen LogP contribution in [-0.2, 0) is 13.6 Å². The second-order valence-electron chi connectivity index (χ2n) is 3.81. The number of carbonyl (C=O) groups is 1. The van der Waals surface area contributed by atoms with Crippen molar-refractivity contribution in [3.8, 4) is 0 Å². The summed E-state index contributed by atoms with van der Waals surface area (Å²) in [4.78, 5) is 11.7. The number of amides is 1. The highest BCUT2D eigenvalue weighted by Gasteiger charge is 2.08. The molecule has 0 saturated heterocycles. The van der Waals surface area contributed by atoms with Crippen LogP contribution in [0.5, 0.6) is 0 Å². The minimum Gasteiger partial charge on any atom is -0.347 e. The van der Waals surface area contributed by atoms with Crippen LogP contribution in [0.4, 0.5) is 0 Å². The van der Waals surface area contributed by atoms with Crippen molar-refractivity contribution in [1.29, 1.82) is 0 Å². The Kier molecular flexibility index (Phi) is 3.89. The average molecular weight is 284 g/mol. The zero-order chi connectivity index (χ0) is 13.1. The Morgan fingerprint density at radius 1 is 1.33 bits per heavy atom. The van der Waals surface area contributed by atoms with E-state index in [1.165, 1.54) is 0 Å². The summed E-state index contributed by atoms with van der Waals surface area (Å²) in [5.41, 5.74) is 1.27. The third kappa shape index (κ3) is 3.03. The van der Waals surface area contributed by atoms with E-state index >= 15 is 0 Å². The molecule has 18 heavy (non-hydrogen) atoms. The molecule has 1 aromatic carbocycles. The molecule has 0 aliphatic heterocycles. The van der Waals surface area contributed by atoms with Gasteiger partial charge in [-0.3, -0.25) is 9.48 Å². The van der Waals surface area contributed by atoms with Gasteiger partial charge in [0.15, 0.2) is 0 Å². The summed E-state index contributed by atoms with van der Waals surface area (Å²) in [6.07, 6.45) is 1.72.